The first-order chi connectivity index (χ1) is 14.4. The van der Waals surface area contributed by atoms with E-state index >= 15 is 0 Å². The predicted molar refractivity (Wildman–Crippen MR) is 119 cm³/mol. The average Bonchev–Trinajstić information content (AvgIpc) is 3.20. The standard InChI is InChI=1S/C22H31N7/c1-2-9-15-28(14-8-1)21-24-20(27-23-18-19-12-6-5-7-13-19)25-22(26-21)29-16-10-3-4-11-17-29/h5-7,12-13,18H,1-4,8-11,14-17H2,(H,24,25,26,27)/b23-18+. The normalized spacial score (nSPS) is 18.5. The molecule has 0 radical (unpaired) electrons. The molecule has 2 aromatic rings. The van der Waals surface area contributed by atoms with Gasteiger partial charge in [-0.25, -0.2) is 5.43 Å². The largest absolute Gasteiger partial charge is 0.341 e. The summed E-state index contributed by atoms with van der Waals surface area (Å²) >= 11 is 0. The number of aromatic nitrogens is 3. The van der Waals surface area contributed by atoms with Crippen LogP contribution in [0.2, 0.25) is 0 Å². The summed E-state index contributed by atoms with van der Waals surface area (Å²) in [4.78, 5) is 18.9. The zero-order valence-electron chi connectivity index (χ0n) is 17.1. The quantitative estimate of drug-likeness (QED) is 0.610. The molecule has 0 unspecified atom stereocenters. The number of hydrazone groups is 1. The van der Waals surface area contributed by atoms with E-state index < -0.39 is 0 Å². The minimum absolute atomic E-state index is 0.519. The van der Waals surface area contributed by atoms with Crippen LogP contribution >= 0.6 is 0 Å². The van der Waals surface area contributed by atoms with Gasteiger partial charge in [-0.3, -0.25) is 0 Å². The monoisotopic (exact) mass is 393 g/mol. The van der Waals surface area contributed by atoms with E-state index in [1.807, 2.05) is 30.3 Å². The van der Waals surface area contributed by atoms with Gasteiger partial charge < -0.3 is 9.80 Å². The number of anilines is 3. The summed E-state index contributed by atoms with van der Waals surface area (Å²) in [6.07, 6.45) is 11.7. The molecule has 2 fully saturated rings. The van der Waals surface area contributed by atoms with E-state index in [9.17, 15) is 0 Å². The summed E-state index contributed by atoms with van der Waals surface area (Å²) in [5, 5.41) is 4.36. The fraction of sp³-hybridized carbons (Fsp3) is 0.545. The Morgan fingerprint density at radius 2 is 1.21 bits per heavy atom. The van der Waals surface area contributed by atoms with Crippen molar-refractivity contribution >= 4 is 24.1 Å². The first-order valence-electron chi connectivity index (χ1n) is 11.0. The second-order valence-electron chi connectivity index (χ2n) is 7.84. The summed E-state index contributed by atoms with van der Waals surface area (Å²) in [7, 11) is 0. The first-order valence-corrected chi connectivity index (χ1v) is 11.0. The van der Waals surface area contributed by atoms with Crippen molar-refractivity contribution in [3.8, 4) is 0 Å². The molecule has 2 aliphatic rings. The molecule has 7 heteroatoms. The van der Waals surface area contributed by atoms with Gasteiger partial charge in [0.2, 0.25) is 17.8 Å². The van der Waals surface area contributed by atoms with E-state index in [4.69, 9.17) is 15.0 Å². The maximum atomic E-state index is 4.87. The Labute approximate surface area is 173 Å². The average molecular weight is 394 g/mol. The van der Waals surface area contributed by atoms with Gasteiger partial charge in [0.15, 0.2) is 0 Å². The SMILES string of the molecule is C(=N\Nc1nc(N2CCCCCC2)nc(N2CCCCCC2)n1)/c1ccccc1. The van der Waals surface area contributed by atoms with Crippen LogP contribution in [0.4, 0.5) is 17.8 Å². The lowest BCUT2D eigenvalue weighted by molar-refractivity contribution is 0.726. The van der Waals surface area contributed by atoms with Crippen LogP contribution in [0.25, 0.3) is 0 Å². The van der Waals surface area contributed by atoms with E-state index in [0.29, 0.717) is 5.95 Å². The Balaban J connectivity index is 1.57. The van der Waals surface area contributed by atoms with Crippen LogP contribution in [-0.4, -0.2) is 47.3 Å². The summed E-state index contributed by atoms with van der Waals surface area (Å²) < 4.78 is 0. The van der Waals surface area contributed by atoms with Crippen molar-refractivity contribution in [2.24, 2.45) is 5.10 Å². The Hall–Kier alpha value is -2.70. The predicted octanol–water partition coefficient (Wildman–Crippen LogP) is 4.08. The summed E-state index contributed by atoms with van der Waals surface area (Å²) in [5.41, 5.74) is 4.07. The van der Waals surface area contributed by atoms with Gasteiger partial charge in [0.1, 0.15) is 0 Å². The minimum Gasteiger partial charge on any atom is -0.341 e. The van der Waals surface area contributed by atoms with Crippen LogP contribution in [-0.2, 0) is 0 Å². The van der Waals surface area contributed by atoms with Gasteiger partial charge in [-0.1, -0.05) is 56.0 Å². The first kappa shape index (κ1) is 19.6. The molecule has 0 atom stereocenters. The van der Waals surface area contributed by atoms with Crippen molar-refractivity contribution in [2.45, 2.75) is 51.4 Å². The third-order valence-corrected chi connectivity index (χ3v) is 5.57. The number of benzene rings is 1. The number of hydrogen-bond donors (Lipinski definition) is 1. The van der Waals surface area contributed by atoms with E-state index in [1.165, 1.54) is 51.4 Å². The number of nitrogens with zero attached hydrogens (tertiary/aromatic N) is 6. The molecule has 1 aromatic heterocycles. The van der Waals surface area contributed by atoms with Crippen LogP contribution < -0.4 is 15.2 Å². The molecule has 1 N–H and O–H groups in total. The summed E-state index contributed by atoms with van der Waals surface area (Å²) in [6, 6.07) is 10.0. The second kappa shape index (κ2) is 10.2. The Morgan fingerprint density at radius 1 is 0.690 bits per heavy atom. The number of rotatable bonds is 5. The zero-order chi connectivity index (χ0) is 19.7. The molecule has 0 amide bonds. The fourth-order valence-electron chi connectivity index (χ4n) is 3.93. The molecule has 3 heterocycles. The van der Waals surface area contributed by atoms with E-state index in [1.54, 1.807) is 6.21 Å². The lowest BCUT2D eigenvalue weighted by atomic mass is 10.2. The van der Waals surface area contributed by atoms with Crippen LogP contribution in [0, 0.1) is 0 Å². The zero-order valence-corrected chi connectivity index (χ0v) is 17.1. The van der Waals surface area contributed by atoms with E-state index in [-0.39, 0.29) is 0 Å². The molecule has 0 aliphatic carbocycles. The number of nitrogens with one attached hydrogen (secondary N) is 1. The minimum atomic E-state index is 0.519. The summed E-state index contributed by atoms with van der Waals surface area (Å²) in [5.74, 6) is 2.07. The lowest BCUT2D eigenvalue weighted by Crippen LogP contribution is -2.30. The van der Waals surface area contributed by atoms with Gasteiger partial charge >= 0.3 is 0 Å². The van der Waals surface area contributed by atoms with Crippen molar-refractivity contribution < 1.29 is 0 Å². The molecule has 7 nitrogen and oxygen atoms in total. The number of hydrogen-bond acceptors (Lipinski definition) is 7. The molecule has 2 saturated heterocycles. The van der Waals surface area contributed by atoms with E-state index in [2.05, 4.69) is 20.3 Å². The highest BCUT2D eigenvalue weighted by Crippen LogP contribution is 2.22. The van der Waals surface area contributed by atoms with Gasteiger partial charge in [0.05, 0.1) is 6.21 Å². The highest BCUT2D eigenvalue weighted by atomic mass is 15.4. The van der Waals surface area contributed by atoms with Gasteiger partial charge in [0.25, 0.3) is 0 Å². The Kier molecular flexibility index (Phi) is 6.89. The highest BCUT2D eigenvalue weighted by molar-refractivity contribution is 5.79. The molecule has 29 heavy (non-hydrogen) atoms. The lowest BCUT2D eigenvalue weighted by Gasteiger charge is -2.24. The van der Waals surface area contributed by atoms with E-state index in [0.717, 1.165) is 43.6 Å². The molecule has 4 rings (SSSR count). The van der Waals surface area contributed by atoms with Crippen LogP contribution in [0.5, 0.6) is 0 Å². The maximum absolute atomic E-state index is 4.87. The molecule has 154 valence electrons. The highest BCUT2D eigenvalue weighted by Gasteiger charge is 2.19. The third kappa shape index (κ3) is 5.65. The van der Waals surface area contributed by atoms with Gasteiger partial charge in [-0.2, -0.15) is 20.1 Å². The van der Waals surface area contributed by atoms with Gasteiger partial charge in [-0.05, 0) is 31.2 Å². The molecular weight excluding hydrogens is 362 g/mol. The molecule has 0 spiro atoms. The fourth-order valence-corrected chi connectivity index (χ4v) is 3.93. The summed E-state index contributed by atoms with van der Waals surface area (Å²) in [6.45, 7) is 4.04. The molecular formula is C22H31N7. The smallest absolute Gasteiger partial charge is 0.250 e. The van der Waals surface area contributed by atoms with Crippen molar-refractivity contribution in [3.05, 3.63) is 35.9 Å². The second-order valence-corrected chi connectivity index (χ2v) is 7.84. The third-order valence-electron chi connectivity index (χ3n) is 5.57. The molecule has 0 saturated carbocycles. The van der Waals surface area contributed by atoms with Gasteiger partial charge in [0, 0.05) is 26.2 Å². The molecule has 0 bridgehead atoms. The van der Waals surface area contributed by atoms with Crippen molar-refractivity contribution in [1.82, 2.24) is 15.0 Å². The Bertz CT molecular complexity index is 739. The van der Waals surface area contributed by atoms with Crippen molar-refractivity contribution in [3.63, 3.8) is 0 Å². The van der Waals surface area contributed by atoms with Crippen LogP contribution in [0.15, 0.2) is 35.4 Å². The Morgan fingerprint density at radius 3 is 1.72 bits per heavy atom. The maximum Gasteiger partial charge on any atom is 0.250 e. The van der Waals surface area contributed by atoms with Crippen molar-refractivity contribution in [1.29, 1.82) is 0 Å². The van der Waals surface area contributed by atoms with Gasteiger partial charge in [-0.15, -0.1) is 0 Å². The topological polar surface area (TPSA) is 69.5 Å². The van der Waals surface area contributed by atoms with Crippen LogP contribution in [0.3, 0.4) is 0 Å². The van der Waals surface area contributed by atoms with Crippen LogP contribution in [0.1, 0.15) is 56.9 Å². The molecule has 1 aromatic carbocycles. The molecule has 2 aliphatic heterocycles. The van der Waals surface area contributed by atoms with Crippen molar-refractivity contribution in [2.75, 3.05) is 41.4 Å².